The number of unbranched alkanes of at least 4 members (excludes halogenated alkanes) is 5. The van der Waals surface area contributed by atoms with Crippen LogP contribution in [0.1, 0.15) is 62.3 Å². The lowest BCUT2D eigenvalue weighted by Gasteiger charge is -2.20. The molecule has 2 aromatic rings. The molecule has 0 N–H and O–H groups in total. The summed E-state index contributed by atoms with van der Waals surface area (Å²) in [5, 5.41) is 8.71. The number of ether oxygens (including phenoxy) is 1. The van der Waals surface area contributed by atoms with Crippen molar-refractivity contribution in [3.63, 3.8) is 0 Å². The van der Waals surface area contributed by atoms with E-state index in [1.54, 1.807) is 0 Å². The Labute approximate surface area is 138 Å². The summed E-state index contributed by atoms with van der Waals surface area (Å²) in [5.74, 6) is 0.995. The number of benzene rings is 1. The van der Waals surface area contributed by atoms with E-state index in [-0.39, 0.29) is 0 Å². The second-order valence-electron chi connectivity index (χ2n) is 6.62. The van der Waals surface area contributed by atoms with Gasteiger partial charge in [0.05, 0.1) is 5.69 Å². The molecule has 2 heterocycles. The van der Waals surface area contributed by atoms with Crippen molar-refractivity contribution >= 4 is 0 Å². The monoisotopic (exact) mass is 313 g/mol. The molecule has 1 aromatic heterocycles. The number of aryl methyl sites for hydroxylation is 3. The SMILES string of the molecule is CCCCCCCCn1nnc2c1-c1cc(C)cc(C)c1OC2. The molecule has 1 aliphatic rings. The molecular formula is C19H27N3O. The van der Waals surface area contributed by atoms with Gasteiger partial charge in [-0.25, -0.2) is 4.68 Å². The smallest absolute Gasteiger partial charge is 0.134 e. The van der Waals surface area contributed by atoms with Gasteiger partial charge < -0.3 is 4.74 Å². The van der Waals surface area contributed by atoms with E-state index < -0.39 is 0 Å². The van der Waals surface area contributed by atoms with Gasteiger partial charge in [0.25, 0.3) is 0 Å². The number of hydrogen-bond donors (Lipinski definition) is 0. The molecule has 23 heavy (non-hydrogen) atoms. The summed E-state index contributed by atoms with van der Waals surface area (Å²) < 4.78 is 7.98. The van der Waals surface area contributed by atoms with Crippen molar-refractivity contribution in [2.75, 3.05) is 0 Å². The van der Waals surface area contributed by atoms with E-state index in [0.717, 1.165) is 29.2 Å². The van der Waals surface area contributed by atoms with Gasteiger partial charge in [-0.15, -0.1) is 5.10 Å². The zero-order valence-corrected chi connectivity index (χ0v) is 14.6. The molecule has 0 atom stereocenters. The van der Waals surface area contributed by atoms with Gasteiger partial charge in [0.15, 0.2) is 0 Å². The number of hydrogen-bond acceptors (Lipinski definition) is 3. The molecule has 1 aromatic carbocycles. The van der Waals surface area contributed by atoms with Gasteiger partial charge >= 0.3 is 0 Å². The highest BCUT2D eigenvalue weighted by molar-refractivity contribution is 5.73. The Balaban J connectivity index is 1.75. The molecule has 0 aliphatic carbocycles. The summed E-state index contributed by atoms with van der Waals surface area (Å²) in [7, 11) is 0. The molecule has 124 valence electrons. The molecule has 4 heteroatoms. The fourth-order valence-corrected chi connectivity index (χ4v) is 3.40. The van der Waals surface area contributed by atoms with E-state index in [4.69, 9.17) is 4.74 Å². The van der Waals surface area contributed by atoms with Crippen molar-refractivity contribution in [1.29, 1.82) is 0 Å². The number of rotatable bonds is 7. The number of nitrogens with zero attached hydrogens (tertiary/aromatic N) is 3. The zero-order chi connectivity index (χ0) is 16.2. The van der Waals surface area contributed by atoms with Gasteiger partial charge in [0, 0.05) is 12.1 Å². The molecule has 0 fully saturated rings. The largest absolute Gasteiger partial charge is 0.486 e. The highest BCUT2D eigenvalue weighted by Crippen LogP contribution is 2.39. The summed E-state index contributed by atoms with van der Waals surface area (Å²) in [6.45, 7) is 7.97. The molecule has 0 amide bonds. The van der Waals surface area contributed by atoms with Crippen LogP contribution < -0.4 is 4.74 Å². The highest BCUT2D eigenvalue weighted by Gasteiger charge is 2.25. The first-order valence-electron chi connectivity index (χ1n) is 8.87. The van der Waals surface area contributed by atoms with Gasteiger partial charge in [0.1, 0.15) is 18.1 Å². The van der Waals surface area contributed by atoms with E-state index in [2.05, 4.69) is 47.9 Å². The highest BCUT2D eigenvalue weighted by atomic mass is 16.5. The Morgan fingerprint density at radius 2 is 1.87 bits per heavy atom. The lowest BCUT2D eigenvalue weighted by atomic mass is 10.00. The molecule has 1 aliphatic heterocycles. The third kappa shape index (κ3) is 3.41. The van der Waals surface area contributed by atoms with Crippen LogP contribution >= 0.6 is 0 Å². The third-order valence-electron chi connectivity index (χ3n) is 4.56. The van der Waals surface area contributed by atoms with Crippen LogP contribution in [0, 0.1) is 13.8 Å². The minimum absolute atomic E-state index is 0.530. The first-order valence-corrected chi connectivity index (χ1v) is 8.87. The quantitative estimate of drug-likeness (QED) is 0.688. The lowest BCUT2D eigenvalue weighted by molar-refractivity contribution is 0.295. The summed E-state index contributed by atoms with van der Waals surface area (Å²) in [4.78, 5) is 0. The Morgan fingerprint density at radius 3 is 2.70 bits per heavy atom. The van der Waals surface area contributed by atoms with Crippen molar-refractivity contribution in [2.24, 2.45) is 0 Å². The maximum Gasteiger partial charge on any atom is 0.134 e. The lowest BCUT2D eigenvalue weighted by Crippen LogP contribution is -2.10. The van der Waals surface area contributed by atoms with Crippen LogP contribution in [0.3, 0.4) is 0 Å². The van der Waals surface area contributed by atoms with E-state index in [0.29, 0.717) is 6.61 Å². The van der Waals surface area contributed by atoms with Crippen LogP contribution in [0.5, 0.6) is 5.75 Å². The summed E-state index contributed by atoms with van der Waals surface area (Å²) >= 11 is 0. The van der Waals surface area contributed by atoms with Crippen molar-refractivity contribution in [2.45, 2.75) is 72.4 Å². The zero-order valence-electron chi connectivity index (χ0n) is 14.6. The molecule has 0 radical (unpaired) electrons. The maximum absolute atomic E-state index is 5.90. The molecule has 3 rings (SSSR count). The van der Waals surface area contributed by atoms with E-state index in [9.17, 15) is 0 Å². The predicted octanol–water partition coefficient (Wildman–Crippen LogP) is 4.81. The fourth-order valence-electron chi connectivity index (χ4n) is 3.40. The Hall–Kier alpha value is -1.84. The average molecular weight is 313 g/mol. The first-order chi connectivity index (χ1) is 11.2. The average Bonchev–Trinajstić information content (AvgIpc) is 2.94. The molecule has 0 saturated heterocycles. The minimum Gasteiger partial charge on any atom is -0.486 e. The topological polar surface area (TPSA) is 39.9 Å². The molecule has 0 saturated carbocycles. The first kappa shape index (κ1) is 16.0. The molecular weight excluding hydrogens is 286 g/mol. The van der Waals surface area contributed by atoms with Gasteiger partial charge in [-0.1, -0.05) is 50.3 Å². The Kier molecular flexibility index (Phi) is 4.99. The normalized spacial score (nSPS) is 12.7. The summed E-state index contributed by atoms with van der Waals surface area (Å²) in [5.41, 5.74) is 5.72. The van der Waals surface area contributed by atoms with Crippen LogP contribution in [0.4, 0.5) is 0 Å². The summed E-state index contributed by atoms with van der Waals surface area (Å²) in [6.07, 6.45) is 7.75. The molecule has 0 unspecified atom stereocenters. The number of fused-ring (bicyclic) bond motifs is 3. The van der Waals surface area contributed by atoms with E-state index in [1.165, 1.54) is 49.7 Å². The van der Waals surface area contributed by atoms with E-state index in [1.807, 2.05) is 0 Å². The third-order valence-corrected chi connectivity index (χ3v) is 4.56. The van der Waals surface area contributed by atoms with Crippen molar-refractivity contribution in [1.82, 2.24) is 15.0 Å². The van der Waals surface area contributed by atoms with Crippen molar-refractivity contribution in [3.05, 3.63) is 29.0 Å². The van der Waals surface area contributed by atoms with Crippen LogP contribution in [0.15, 0.2) is 12.1 Å². The summed E-state index contributed by atoms with van der Waals surface area (Å²) in [6, 6.07) is 4.37. The second kappa shape index (κ2) is 7.16. The van der Waals surface area contributed by atoms with Crippen LogP contribution in [-0.4, -0.2) is 15.0 Å². The van der Waals surface area contributed by atoms with E-state index >= 15 is 0 Å². The molecule has 4 nitrogen and oxygen atoms in total. The van der Waals surface area contributed by atoms with Crippen molar-refractivity contribution < 1.29 is 4.74 Å². The second-order valence-corrected chi connectivity index (χ2v) is 6.62. The van der Waals surface area contributed by atoms with Gasteiger partial charge in [-0.2, -0.15) is 0 Å². The van der Waals surface area contributed by atoms with Gasteiger partial charge in [0.2, 0.25) is 0 Å². The predicted molar refractivity (Wildman–Crippen MR) is 92.6 cm³/mol. The number of aromatic nitrogens is 3. The Bertz CT molecular complexity index is 675. The van der Waals surface area contributed by atoms with Crippen LogP contribution in [-0.2, 0) is 13.2 Å². The van der Waals surface area contributed by atoms with Gasteiger partial charge in [-0.05, 0) is 37.5 Å². The van der Waals surface area contributed by atoms with Crippen molar-refractivity contribution in [3.8, 4) is 17.0 Å². The Morgan fingerprint density at radius 1 is 1.09 bits per heavy atom. The standard InChI is InChI=1S/C19H27N3O/c1-4-5-6-7-8-9-10-22-18-16-12-14(2)11-15(3)19(16)23-13-17(18)20-21-22/h11-12H,4-10,13H2,1-3H3. The van der Waals surface area contributed by atoms with Crippen LogP contribution in [0.25, 0.3) is 11.3 Å². The van der Waals surface area contributed by atoms with Gasteiger partial charge in [-0.3, -0.25) is 0 Å². The van der Waals surface area contributed by atoms with Crippen LogP contribution in [0.2, 0.25) is 0 Å². The minimum atomic E-state index is 0.530. The fraction of sp³-hybridized carbons (Fsp3) is 0.579. The molecule has 0 spiro atoms. The molecule has 0 bridgehead atoms. The maximum atomic E-state index is 5.90.